The lowest BCUT2D eigenvalue weighted by atomic mass is 9.74. The fraction of sp³-hybridized carbons (Fsp3) is 0.741. The van der Waals surface area contributed by atoms with Crippen LogP contribution < -0.4 is 4.74 Å². The molecule has 0 radical (unpaired) electrons. The molecule has 0 aromatic heterocycles. The quantitative estimate of drug-likeness (QED) is 0.313. The minimum atomic E-state index is -0.301. The molecule has 0 bridgehead atoms. The molecule has 31 heavy (non-hydrogen) atoms. The van der Waals surface area contributed by atoms with Gasteiger partial charge in [0.05, 0.1) is 19.3 Å². The van der Waals surface area contributed by atoms with E-state index >= 15 is 0 Å². The SMILES string of the molecule is CCCCCCCCC1OCC2Cc3c(cccc3OCC(=O)OCC(C)(C)C)CC21. The van der Waals surface area contributed by atoms with Gasteiger partial charge in [-0.3, -0.25) is 0 Å². The van der Waals surface area contributed by atoms with Crippen molar-refractivity contribution in [3.63, 3.8) is 0 Å². The van der Waals surface area contributed by atoms with Gasteiger partial charge in [0, 0.05) is 0 Å². The van der Waals surface area contributed by atoms with Crippen LogP contribution in [0.3, 0.4) is 0 Å². The Labute approximate surface area is 189 Å². The first-order valence-corrected chi connectivity index (χ1v) is 12.4. The first kappa shape index (κ1) is 24.1. The highest BCUT2D eigenvalue weighted by Gasteiger charge is 2.40. The zero-order valence-electron chi connectivity index (χ0n) is 20.1. The summed E-state index contributed by atoms with van der Waals surface area (Å²) in [6.45, 7) is 9.65. The van der Waals surface area contributed by atoms with Gasteiger partial charge in [-0.2, -0.15) is 0 Å². The van der Waals surface area contributed by atoms with Crippen LogP contribution >= 0.6 is 0 Å². The lowest BCUT2D eigenvalue weighted by Crippen LogP contribution is -2.29. The maximum atomic E-state index is 12.1. The van der Waals surface area contributed by atoms with E-state index in [4.69, 9.17) is 14.2 Å². The van der Waals surface area contributed by atoms with Crippen LogP contribution in [0.1, 0.15) is 83.8 Å². The fourth-order valence-electron chi connectivity index (χ4n) is 4.89. The van der Waals surface area contributed by atoms with Crippen molar-refractivity contribution in [3.8, 4) is 5.75 Å². The largest absolute Gasteiger partial charge is 0.482 e. The summed E-state index contributed by atoms with van der Waals surface area (Å²) in [6.07, 6.45) is 11.6. The van der Waals surface area contributed by atoms with Crippen LogP contribution in [-0.2, 0) is 27.1 Å². The van der Waals surface area contributed by atoms with Crippen LogP contribution in [0.15, 0.2) is 18.2 Å². The first-order valence-electron chi connectivity index (χ1n) is 12.4. The molecule has 0 spiro atoms. The number of benzene rings is 1. The molecule has 2 aliphatic rings. The van der Waals surface area contributed by atoms with Gasteiger partial charge in [-0.15, -0.1) is 0 Å². The van der Waals surface area contributed by atoms with Crippen LogP contribution in [0, 0.1) is 17.3 Å². The van der Waals surface area contributed by atoms with E-state index in [1.165, 1.54) is 56.1 Å². The van der Waals surface area contributed by atoms with Gasteiger partial charge in [0.15, 0.2) is 6.61 Å². The summed E-state index contributed by atoms with van der Waals surface area (Å²) >= 11 is 0. The maximum absolute atomic E-state index is 12.1. The lowest BCUT2D eigenvalue weighted by molar-refractivity contribution is -0.148. The molecule has 174 valence electrons. The summed E-state index contributed by atoms with van der Waals surface area (Å²) in [7, 11) is 0. The predicted molar refractivity (Wildman–Crippen MR) is 124 cm³/mol. The molecule has 0 N–H and O–H groups in total. The predicted octanol–water partition coefficient (Wildman–Crippen LogP) is 6.14. The molecule has 1 saturated heterocycles. The summed E-state index contributed by atoms with van der Waals surface area (Å²) in [5.74, 6) is 1.72. The summed E-state index contributed by atoms with van der Waals surface area (Å²) in [5.41, 5.74) is 2.59. The number of ether oxygens (including phenoxy) is 3. The molecular weight excluding hydrogens is 388 g/mol. The van der Waals surface area contributed by atoms with Gasteiger partial charge in [0.25, 0.3) is 0 Å². The third-order valence-corrected chi connectivity index (χ3v) is 6.61. The Hall–Kier alpha value is -1.55. The number of unbranched alkanes of at least 4 members (excludes halogenated alkanes) is 5. The van der Waals surface area contributed by atoms with Crippen LogP contribution in [0.25, 0.3) is 0 Å². The van der Waals surface area contributed by atoms with Gasteiger partial charge in [0.2, 0.25) is 0 Å². The average Bonchev–Trinajstić information content (AvgIpc) is 3.13. The summed E-state index contributed by atoms with van der Waals surface area (Å²) in [4.78, 5) is 12.1. The van der Waals surface area contributed by atoms with Crippen LogP contribution in [0.4, 0.5) is 0 Å². The van der Waals surface area contributed by atoms with Crippen molar-refractivity contribution in [2.45, 2.75) is 91.6 Å². The molecule has 3 unspecified atom stereocenters. The Morgan fingerprint density at radius 2 is 1.87 bits per heavy atom. The van der Waals surface area contributed by atoms with Gasteiger partial charge in [0.1, 0.15) is 5.75 Å². The highest BCUT2D eigenvalue weighted by atomic mass is 16.6. The number of esters is 1. The molecule has 1 heterocycles. The van der Waals surface area contributed by atoms with E-state index in [0.29, 0.717) is 24.5 Å². The monoisotopic (exact) mass is 430 g/mol. The standard InChI is InChI=1S/C27H42O4/c1-5-6-7-8-9-10-13-24-23-15-20-12-11-14-25(22(20)16-21(23)17-29-24)30-18-26(28)31-19-27(2,3)4/h11-12,14,21,23-24H,5-10,13,15-19H2,1-4H3. The fourth-order valence-corrected chi connectivity index (χ4v) is 4.89. The highest BCUT2D eigenvalue weighted by Crippen LogP contribution is 2.42. The molecule has 3 atom stereocenters. The minimum absolute atomic E-state index is 0.0300. The molecule has 1 fully saturated rings. The Balaban J connectivity index is 1.51. The van der Waals surface area contributed by atoms with Gasteiger partial charge >= 0.3 is 5.97 Å². The van der Waals surface area contributed by atoms with Crippen molar-refractivity contribution < 1.29 is 19.0 Å². The number of hydrogen-bond acceptors (Lipinski definition) is 4. The summed E-state index contributed by atoms with van der Waals surface area (Å²) in [5, 5.41) is 0. The molecular formula is C27H42O4. The number of fused-ring (bicyclic) bond motifs is 2. The number of carbonyl (C=O) groups is 1. The summed E-state index contributed by atoms with van der Waals surface area (Å²) in [6, 6.07) is 6.25. The first-order chi connectivity index (χ1) is 14.9. The van der Waals surface area contributed by atoms with E-state index in [2.05, 4.69) is 33.8 Å². The molecule has 1 aliphatic heterocycles. The van der Waals surface area contributed by atoms with Gasteiger partial charge in [-0.25, -0.2) is 4.79 Å². The van der Waals surface area contributed by atoms with E-state index in [-0.39, 0.29) is 18.0 Å². The van der Waals surface area contributed by atoms with Crippen LogP contribution in [0.2, 0.25) is 0 Å². The molecule has 1 aliphatic carbocycles. The Kier molecular flexibility index (Phi) is 8.83. The molecule has 1 aromatic rings. The van der Waals surface area contributed by atoms with E-state index in [1.807, 2.05) is 12.1 Å². The van der Waals surface area contributed by atoms with Crippen LogP contribution in [0.5, 0.6) is 5.75 Å². The second kappa shape index (κ2) is 11.4. The van der Waals surface area contributed by atoms with Crippen LogP contribution in [-0.4, -0.2) is 31.9 Å². The van der Waals surface area contributed by atoms with Gasteiger partial charge in [-0.05, 0) is 53.7 Å². The zero-order valence-corrected chi connectivity index (χ0v) is 20.1. The second-order valence-corrected chi connectivity index (χ2v) is 10.7. The maximum Gasteiger partial charge on any atom is 0.344 e. The third-order valence-electron chi connectivity index (χ3n) is 6.61. The topological polar surface area (TPSA) is 44.8 Å². The molecule has 3 rings (SSSR count). The summed E-state index contributed by atoms with van der Waals surface area (Å²) < 4.78 is 17.5. The van der Waals surface area contributed by atoms with Crippen molar-refractivity contribution in [2.75, 3.05) is 19.8 Å². The average molecular weight is 431 g/mol. The molecule has 1 aromatic carbocycles. The smallest absolute Gasteiger partial charge is 0.344 e. The molecule has 0 amide bonds. The number of rotatable bonds is 11. The van der Waals surface area contributed by atoms with Gasteiger partial charge in [-0.1, -0.05) is 78.4 Å². The van der Waals surface area contributed by atoms with E-state index < -0.39 is 0 Å². The second-order valence-electron chi connectivity index (χ2n) is 10.7. The van der Waals surface area contributed by atoms with Crippen molar-refractivity contribution in [3.05, 3.63) is 29.3 Å². The number of carbonyl (C=O) groups excluding carboxylic acids is 1. The third kappa shape index (κ3) is 7.24. The Bertz CT molecular complexity index is 706. The Morgan fingerprint density at radius 3 is 2.65 bits per heavy atom. The van der Waals surface area contributed by atoms with E-state index in [9.17, 15) is 4.79 Å². The Morgan fingerprint density at radius 1 is 1.10 bits per heavy atom. The van der Waals surface area contributed by atoms with Crippen molar-refractivity contribution in [1.82, 2.24) is 0 Å². The number of hydrogen-bond donors (Lipinski definition) is 0. The normalized spacial score (nSPS) is 22.6. The van der Waals surface area contributed by atoms with E-state index in [1.54, 1.807) is 0 Å². The van der Waals surface area contributed by atoms with Crippen molar-refractivity contribution in [2.24, 2.45) is 17.3 Å². The van der Waals surface area contributed by atoms with Crippen molar-refractivity contribution in [1.29, 1.82) is 0 Å². The zero-order chi connectivity index (χ0) is 22.3. The molecule has 4 heteroatoms. The van der Waals surface area contributed by atoms with Crippen molar-refractivity contribution >= 4 is 5.97 Å². The lowest BCUT2D eigenvalue weighted by Gasteiger charge is -2.30. The van der Waals surface area contributed by atoms with Gasteiger partial charge < -0.3 is 14.2 Å². The minimum Gasteiger partial charge on any atom is -0.482 e. The molecule has 4 nitrogen and oxygen atoms in total. The highest BCUT2D eigenvalue weighted by molar-refractivity contribution is 5.71. The van der Waals surface area contributed by atoms with E-state index in [0.717, 1.165) is 25.2 Å². The molecule has 0 saturated carbocycles.